The van der Waals surface area contributed by atoms with E-state index in [4.69, 9.17) is 9.47 Å². The molecule has 1 amide bonds. The fourth-order valence-corrected chi connectivity index (χ4v) is 3.77. The summed E-state index contributed by atoms with van der Waals surface area (Å²) in [6.45, 7) is 3.19. The maximum absolute atomic E-state index is 12.4. The number of nitrogens with zero attached hydrogens (tertiary/aromatic N) is 2. The molecular formula is C17H19N2O7P-2. The Bertz CT molecular complexity index is 829. The summed E-state index contributed by atoms with van der Waals surface area (Å²) in [7, 11) is -5.20. The van der Waals surface area contributed by atoms with Crippen LogP contribution in [0.3, 0.4) is 0 Å². The standard InChI is InChI=1S/C17H21N2O7P/c1-17(2)16(24-10-25-27(21,22)23)15(19-7-3-4-14(19)20)12-8-11(9-18)5-6-13(12)26-17/h5-6,8,15-16H,3-4,7,10H2,1-2H3,(H2,21,22,23)/p-2. The van der Waals surface area contributed by atoms with Crippen molar-refractivity contribution in [3.8, 4) is 11.8 Å². The maximum atomic E-state index is 12.4. The Kier molecular flexibility index (Phi) is 5.30. The van der Waals surface area contributed by atoms with Crippen molar-refractivity contribution in [2.75, 3.05) is 13.3 Å². The lowest BCUT2D eigenvalue weighted by Crippen LogP contribution is -2.55. The van der Waals surface area contributed by atoms with Gasteiger partial charge in [-0.15, -0.1) is 0 Å². The molecule has 9 nitrogen and oxygen atoms in total. The van der Waals surface area contributed by atoms with Crippen LogP contribution in [0.25, 0.3) is 0 Å². The average Bonchev–Trinajstić information content (AvgIpc) is 2.99. The predicted molar refractivity (Wildman–Crippen MR) is 88.0 cm³/mol. The van der Waals surface area contributed by atoms with Gasteiger partial charge >= 0.3 is 0 Å². The van der Waals surface area contributed by atoms with Gasteiger partial charge in [-0.3, -0.25) is 4.79 Å². The second-order valence-electron chi connectivity index (χ2n) is 6.99. The summed E-state index contributed by atoms with van der Waals surface area (Å²) in [6, 6.07) is 6.36. The van der Waals surface area contributed by atoms with E-state index < -0.39 is 32.4 Å². The largest absolute Gasteiger partial charge is 0.790 e. The zero-order valence-corrected chi connectivity index (χ0v) is 15.8. The minimum atomic E-state index is -5.20. The number of fused-ring (bicyclic) bond motifs is 1. The first kappa shape index (κ1) is 19.8. The lowest BCUT2D eigenvalue weighted by atomic mass is 9.85. The number of phosphoric ester groups is 1. The third-order valence-electron chi connectivity index (χ3n) is 4.71. The SMILES string of the molecule is CC1(C)Oc2ccc(C#N)cc2C(N2CCCC2=O)C1OCOP(=O)([O-])[O-]. The fourth-order valence-electron chi connectivity index (χ4n) is 3.58. The van der Waals surface area contributed by atoms with Crippen LogP contribution in [0.4, 0.5) is 0 Å². The summed E-state index contributed by atoms with van der Waals surface area (Å²) < 4.78 is 26.5. The highest BCUT2D eigenvalue weighted by atomic mass is 31.2. The number of hydrogen-bond acceptors (Lipinski definition) is 8. The van der Waals surface area contributed by atoms with E-state index in [0.717, 1.165) is 0 Å². The normalized spacial score (nSPS) is 24.3. The van der Waals surface area contributed by atoms with Crippen LogP contribution >= 0.6 is 7.82 Å². The van der Waals surface area contributed by atoms with Gasteiger partial charge in [0.05, 0.1) is 25.5 Å². The molecule has 0 saturated carbocycles. The summed E-state index contributed by atoms with van der Waals surface area (Å²) in [5.74, 6) is 0.446. The van der Waals surface area contributed by atoms with Crippen molar-refractivity contribution in [2.45, 2.75) is 44.4 Å². The number of benzene rings is 1. The molecule has 0 bridgehead atoms. The number of carbonyl (C=O) groups is 1. The Morgan fingerprint density at radius 3 is 2.78 bits per heavy atom. The molecule has 0 aromatic heterocycles. The summed E-state index contributed by atoms with van der Waals surface area (Å²) in [4.78, 5) is 35.5. The van der Waals surface area contributed by atoms with E-state index in [0.29, 0.717) is 36.3 Å². The molecule has 2 aliphatic heterocycles. The Labute approximate surface area is 156 Å². The zero-order chi connectivity index (χ0) is 19.8. The first-order valence-corrected chi connectivity index (χ1v) is 9.89. The van der Waals surface area contributed by atoms with Crippen molar-refractivity contribution < 1.29 is 33.1 Å². The van der Waals surface area contributed by atoms with Gasteiger partial charge in [-0.1, -0.05) is 0 Å². The number of phosphoric acid groups is 1. The molecule has 0 spiro atoms. The van der Waals surface area contributed by atoms with Gasteiger partial charge in [0.2, 0.25) is 5.91 Å². The summed E-state index contributed by atoms with van der Waals surface area (Å²) in [5, 5.41) is 9.22. The molecule has 0 N–H and O–H groups in total. The molecule has 1 fully saturated rings. The van der Waals surface area contributed by atoms with Gasteiger partial charge in [-0.2, -0.15) is 5.26 Å². The number of hydrogen-bond donors (Lipinski definition) is 0. The average molecular weight is 394 g/mol. The van der Waals surface area contributed by atoms with E-state index in [2.05, 4.69) is 10.6 Å². The van der Waals surface area contributed by atoms with Crippen molar-refractivity contribution in [1.82, 2.24) is 4.90 Å². The van der Waals surface area contributed by atoms with E-state index in [9.17, 15) is 24.4 Å². The first-order valence-electron chi connectivity index (χ1n) is 8.43. The predicted octanol–water partition coefficient (Wildman–Crippen LogP) is 0.581. The van der Waals surface area contributed by atoms with Gasteiger partial charge in [0, 0.05) is 18.5 Å². The van der Waals surface area contributed by atoms with E-state index in [1.165, 1.54) is 0 Å². The quantitative estimate of drug-likeness (QED) is 0.523. The second kappa shape index (κ2) is 7.23. The van der Waals surface area contributed by atoms with Crippen LogP contribution in [0.2, 0.25) is 0 Å². The molecule has 0 aliphatic carbocycles. The number of carbonyl (C=O) groups excluding carboxylic acids is 1. The fraction of sp³-hybridized carbons (Fsp3) is 0.529. The lowest BCUT2D eigenvalue weighted by Gasteiger charge is -2.47. The topological polar surface area (TPSA) is 135 Å². The minimum absolute atomic E-state index is 0.0705. The number of amides is 1. The van der Waals surface area contributed by atoms with Gasteiger partial charge in [-0.05, 0) is 38.5 Å². The minimum Gasteiger partial charge on any atom is -0.790 e. The molecule has 1 saturated heterocycles. The molecule has 1 aromatic rings. The van der Waals surface area contributed by atoms with Crippen LogP contribution in [0.1, 0.15) is 43.9 Å². The summed E-state index contributed by atoms with van der Waals surface area (Å²) in [5.41, 5.74) is 0.0433. The van der Waals surface area contributed by atoms with E-state index in [-0.39, 0.29) is 5.91 Å². The Morgan fingerprint density at radius 1 is 1.44 bits per heavy atom. The van der Waals surface area contributed by atoms with Gasteiger partial charge in [0.1, 0.15) is 17.5 Å². The molecule has 2 unspecified atom stereocenters. The molecule has 2 atom stereocenters. The third-order valence-corrected chi connectivity index (χ3v) is 5.13. The van der Waals surface area contributed by atoms with Crippen molar-refractivity contribution >= 4 is 13.7 Å². The van der Waals surface area contributed by atoms with E-state index in [1.54, 1.807) is 36.9 Å². The van der Waals surface area contributed by atoms with Gasteiger partial charge in [0.25, 0.3) is 0 Å². The molecule has 10 heteroatoms. The molecule has 2 heterocycles. The highest BCUT2D eigenvalue weighted by Gasteiger charge is 2.49. The van der Waals surface area contributed by atoms with Crippen LogP contribution in [-0.4, -0.2) is 35.8 Å². The highest BCUT2D eigenvalue weighted by Crippen LogP contribution is 2.46. The second-order valence-corrected chi connectivity index (χ2v) is 8.14. The lowest BCUT2D eigenvalue weighted by molar-refractivity contribution is -0.348. The van der Waals surface area contributed by atoms with Crippen molar-refractivity contribution in [2.24, 2.45) is 0 Å². The monoisotopic (exact) mass is 394 g/mol. The Morgan fingerprint density at radius 2 is 2.19 bits per heavy atom. The van der Waals surface area contributed by atoms with Gasteiger partial charge in [-0.25, -0.2) is 0 Å². The van der Waals surface area contributed by atoms with Crippen molar-refractivity contribution in [1.29, 1.82) is 5.26 Å². The summed E-state index contributed by atoms with van der Waals surface area (Å²) >= 11 is 0. The Hall–Kier alpha value is -1.95. The van der Waals surface area contributed by atoms with Crippen LogP contribution in [-0.2, 0) is 18.6 Å². The molecular weight excluding hydrogens is 375 g/mol. The third kappa shape index (κ3) is 4.15. The highest BCUT2D eigenvalue weighted by molar-refractivity contribution is 7.43. The number of rotatable bonds is 5. The molecule has 27 heavy (non-hydrogen) atoms. The van der Waals surface area contributed by atoms with Crippen LogP contribution in [0, 0.1) is 11.3 Å². The smallest absolute Gasteiger partial charge is 0.223 e. The number of ether oxygens (including phenoxy) is 2. The summed E-state index contributed by atoms with van der Waals surface area (Å²) in [6.07, 6.45) is 0.265. The van der Waals surface area contributed by atoms with Crippen molar-refractivity contribution in [3.63, 3.8) is 0 Å². The van der Waals surface area contributed by atoms with Crippen LogP contribution < -0.4 is 14.5 Å². The molecule has 146 valence electrons. The van der Waals surface area contributed by atoms with Crippen LogP contribution in [0.5, 0.6) is 5.75 Å². The van der Waals surface area contributed by atoms with Gasteiger partial charge in [0.15, 0.2) is 6.79 Å². The number of likely N-dealkylation sites (tertiary alicyclic amines) is 1. The van der Waals surface area contributed by atoms with E-state index >= 15 is 0 Å². The molecule has 3 rings (SSSR count). The van der Waals surface area contributed by atoms with Crippen LogP contribution in [0.15, 0.2) is 18.2 Å². The van der Waals surface area contributed by atoms with Gasteiger partial charge < -0.3 is 33.2 Å². The Balaban J connectivity index is 2.01. The van der Waals surface area contributed by atoms with E-state index in [1.807, 2.05) is 0 Å². The molecule has 2 aliphatic rings. The maximum Gasteiger partial charge on any atom is 0.223 e. The number of nitriles is 1. The molecule has 1 aromatic carbocycles. The van der Waals surface area contributed by atoms with Crippen molar-refractivity contribution in [3.05, 3.63) is 29.3 Å². The molecule has 0 radical (unpaired) electrons. The zero-order valence-electron chi connectivity index (χ0n) is 14.9. The first-order chi connectivity index (χ1) is 12.6.